The molecule has 0 unspecified atom stereocenters. The van der Waals surface area contributed by atoms with Crippen molar-refractivity contribution in [2.24, 2.45) is 5.92 Å². The Labute approximate surface area is 116 Å². The summed E-state index contributed by atoms with van der Waals surface area (Å²) in [6, 6.07) is 13.1. The fraction of sp³-hybridized carbons (Fsp3) is 0.133. The SMILES string of the molecule is C=C[C@@H](C(=O)O)[C@H](Nc1ccccc1)c1cccs1. The predicted molar refractivity (Wildman–Crippen MR) is 78.4 cm³/mol. The average molecular weight is 273 g/mol. The van der Waals surface area contributed by atoms with Crippen molar-refractivity contribution in [2.45, 2.75) is 6.04 Å². The van der Waals surface area contributed by atoms with Crippen LogP contribution >= 0.6 is 11.3 Å². The Morgan fingerprint density at radius 2 is 2.00 bits per heavy atom. The molecule has 1 heterocycles. The molecule has 2 atom stereocenters. The first-order valence-corrected chi connectivity index (χ1v) is 6.80. The van der Waals surface area contributed by atoms with Crippen molar-refractivity contribution in [3.05, 3.63) is 65.4 Å². The largest absolute Gasteiger partial charge is 0.481 e. The molecule has 4 heteroatoms. The summed E-state index contributed by atoms with van der Waals surface area (Å²) in [7, 11) is 0. The molecule has 0 amide bonds. The Hall–Kier alpha value is -2.07. The van der Waals surface area contributed by atoms with E-state index in [0.717, 1.165) is 10.6 Å². The van der Waals surface area contributed by atoms with E-state index in [1.165, 1.54) is 17.4 Å². The number of benzene rings is 1. The molecule has 0 bridgehead atoms. The molecule has 2 N–H and O–H groups in total. The lowest BCUT2D eigenvalue weighted by atomic mass is 9.98. The van der Waals surface area contributed by atoms with Crippen molar-refractivity contribution in [1.29, 1.82) is 0 Å². The number of hydrogen-bond donors (Lipinski definition) is 2. The van der Waals surface area contributed by atoms with Gasteiger partial charge in [0.05, 0.1) is 12.0 Å². The van der Waals surface area contributed by atoms with Gasteiger partial charge in [-0.2, -0.15) is 0 Å². The second kappa shape index (κ2) is 6.20. The van der Waals surface area contributed by atoms with E-state index in [-0.39, 0.29) is 6.04 Å². The summed E-state index contributed by atoms with van der Waals surface area (Å²) >= 11 is 1.54. The van der Waals surface area contributed by atoms with E-state index in [2.05, 4.69) is 11.9 Å². The van der Waals surface area contributed by atoms with Gasteiger partial charge < -0.3 is 10.4 Å². The molecule has 19 heavy (non-hydrogen) atoms. The normalized spacial score (nSPS) is 13.5. The van der Waals surface area contributed by atoms with Crippen LogP contribution in [0.2, 0.25) is 0 Å². The molecule has 0 aliphatic heterocycles. The predicted octanol–water partition coefficient (Wildman–Crippen LogP) is 3.79. The zero-order valence-corrected chi connectivity index (χ0v) is 11.1. The van der Waals surface area contributed by atoms with Gasteiger partial charge in [0.25, 0.3) is 0 Å². The van der Waals surface area contributed by atoms with E-state index in [9.17, 15) is 9.90 Å². The highest BCUT2D eigenvalue weighted by Crippen LogP contribution is 2.30. The van der Waals surface area contributed by atoms with Crippen molar-refractivity contribution in [2.75, 3.05) is 5.32 Å². The summed E-state index contributed by atoms with van der Waals surface area (Å²) in [5.74, 6) is -1.55. The van der Waals surface area contributed by atoms with Crippen LogP contribution in [0.1, 0.15) is 10.9 Å². The molecule has 98 valence electrons. The third kappa shape index (κ3) is 3.23. The van der Waals surface area contributed by atoms with E-state index in [4.69, 9.17) is 0 Å². The van der Waals surface area contributed by atoms with Crippen molar-refractivity contribution in [1.82, 2.24) is 0 Å². The number of thiophene rings is 1. The molecule has 0 saturated heterocycles. The first-order chi connectivity index (χ1) is 9.22. The Bertz CT molecular complexity index is 537. The first kappa shape index (κ1) is 13.4. The second-order valence-corrected chi connectivity index (χ2v) is 5.08. The van der Waals surface area contributed by atoms with E-state index < -0.39 is 11.9 Å². The smallest absolute Gasteiger partial charge is 0.312 e. The highest BCUT2D eigenvalue weighted by atomic mass is 32.1. The number of para-hydroxylation sites is 1. The van der Waals surface area contributed by atoms with E-state index in [0.29, 0.717) is 0 Å². The van der Waals surface area contributed by atoms with Gasteiger partial charge in [-0.25, -0.2) is 0 Å². The Morgan fingerprint density at radius 1 is 1.26 bits per heavy atom. The van der Waals surface area contributed by atoms with Crippen LogP contribution in [0.4, 0.5) is 5.69 Å². The molecule has 0 radical (unpaired) electrons. The molecule has 1 aromatic heterocycles. The number of hydrogen-bond acceptors (Lipinski definition) is 3. The van der Waals surface area contributed by atoms with Crippen LogP contribution in [0.3, 0.4) is 0 Å². The Balaban J connectivity index is 2.29. The molecule has 0 spiro atoms. The Morgan fingerprint density at radius 3 is 2.53 bits per heavy atom. The number of nitrogens with one attached hydrogen (secondary N) is 1. The summed E-state index contributed by atoms with van der Waals surface area (Å²) < 4.78 is 0. The van der Waals surface area contributed by atoms with Crippen molar-refractivity contribution in [3.63, 3.8) is 0 Å². The monoisotopic (exact) mass is 273 g/mol. The summed E-state index contributed by atoms with van der Waals surface area (Å²) in [6.07, 6.45) is 1.47. The fourth-order valence-electron chi connectivity index (χ4n) is 1.90. The van der Waals surface area contributed by atoms with Gasteiger partial charge in [-0.1, -0.05) is 30.3 Å². The van der Waals surface area contributed by atoms with Crippen LogP contribution in [-0.2, 0) is 4.79 Å². The third-order valence-electron chi connectivity index (χ3n) is 2.84. The minimum absolute atomic E-state index is 0.308. The number of anilines is 1. The molecular weight excluding hydrogens is 258 g/mol. The van der Waals surface area contributed by atoms with Crippen LogP contribution in [0, 0.1) is 5.92 Å². The van der Waals surface area contributed by atoms with Gasteiger partial charge in [0.1, 0.15) is 0 Å². The van der Waals surface area contributed by atoms with Crippen molar-refractivity contribution in [3.8, 4) is 0 Å². The summed E-state index contributed by atoms with van der Waals surface area (Å²) in [5, 5.41) is 14.5. The summed E-state index contributed by atoms with van der Waals surface area (Å²) in [4.78, 5) is 12.3. The third-order valence-corrected chi connectivity index (χ3v) is 3.80. The van der Waals surface area contributed by atoms with E-state index >= 15 is 0 Å². The van der Waals surface area contributed by atoms with Gasteiger partial charge in [-0.3, -0.25) is 4.79 Å². The highest BCUT2D eigenvalue weighted by molar-refractivity contribution is 7.10. The maximum atomic E-state index is 11.4. The van der Waals surface area contributed by atoms with Gasteiger partial charge in [0.15, 0.2) is 0 Å². The number of carboxylic acids is 1. The summed E-state index contributed by atoms with van der Waals surface area (Å²) in [6.45, 7) is 3.64. The van der Waals surface area contributed by atoms with Gasteiger partial charge in [0.2, 0.25) is 0 Å². The maximum absolute atomic E-state index is 11.4. The lowest BCUT2D eigenvalue weighted by molar-refractivity contribution is -0.140. The van der Waals surface area contributed by atoms with Crippen LogP contribution < -0.4 is 5.32 Å². The average Bonchev–Trinajstić information content (AvgIpc) is 2.93. The molecule has 0 aliphatic rings. The lowest BCUT2D eigenvalue weighted by Crippen LogP contribution is -2.25. The van der Waals surface area contributed by atoms with Crippen LogP contribution in [0.15, 0.2) is 60.5 Å². The zero-order chi connectivity index (χ0) is 13.7. The Kier molecular flexibility index (Phi) is 4.36. The summed E-state index contributed by atoms with van der Waals surface area (Å²) in [5.41, 5.74) is 0.897. The highest BCUT2D eigenvalue weighted by Gasteiger charge is 2.27. The van der Waals surface area contributed by atoms with Crippen molar-refractivity contribution < 1.29 is 9.90 Å². The fourth-order valence-corrected chi connectivity index (χ4v) is 2.72. The number of carboxylic acid groups (broad SMARTS) is 1. The molecule has 2 rings (SSSR count). The van der Waals surface area contributed by atoms with E-state index in [1.54, 1.807) is 0 Å². The molecule has 3 nitrogen and oxygen atoms in total. The van der Waals surface area contributed by atoms with Gasteiger partial charge >= 0.3 is 5.97 Å². The quantitative estimate of drug-likeness (QED) is 0.787. The van der Waals surface area contributed by atoms with E-state index in [1.807, 2.05) is 47.8 Å². The molecule has 1 aromatic carbocycles. The molecule has 0 fully saturated rings. The minimum Gasteiger partial charge on any atom is -0.481 e. The van der Waals surface area contributed by atoms with Gasteiger partial charge in [-0.15, -0.1) is 17.9 Å². The topological polar surface area (TPSA) is 49.3 Å². The first-order valence-electron chi connectivity index (χ1n) is 5.92. The maximum Gasteiger partial charge on any atom is 0.312 e. The van der Waals surface area contributed by atoms with Crippen molar-refractivity contribution >= 4 is 23.0 Å². The number of aliphatic carboxylic acids is 1. The minimum atomic E-state index is -0.878. The van der Waals surface area contributed by atoms with Crippen LogP contribution in [-0.4, -0.2) is 11.1 Å². The van der Waals surface area contributed by atoms with Crippen LogP contribution in [0.5, 0.6) is 0 Å². The second-order valence-electron chi connectivity index (χ2n) is 4.10. The molecule has 2 aromatic rings. The van der Waals surface area contributed by atoms with Gasteiger partial charge in [-0.05, 0) is 23.6 Å². The molecular formula is C15H15NO2S. The number of rotatable bonds is 6. The number of carbonyl (C=O) groups is 1. The van der Waals surface area contributed by atoms with Crippen LogP contribution in [0.25, 0.3) is 0 Å². The molecule has 0 saturated carbocycles. The molecule has 0 aliphatic carbocycles. The lowest BCUT2D eigenvalue weighted by Gasteiger charge is -2.23. The van der Waals surface area contributed by atoms with Gasteiger partial charge in [0, 0.05) is 10.6 Å². The standard InChI is InChI=1S/C15H15NO2S/c1-2-12(15(17)18)14(13-9-6-10-19-13)16-11-7-4-3-5-8-11/h2-10,12,14,16H,1H2,(H,17,18)/t12-,14+/m1/s1. The zero-order valence-electron chi connectivity index (χ0n) is 10.3.